The van der Waals surface area contributed by atoms with Gasteiger partial charge in [-0.2, -0.15) is 0 Å². The number of nitrogens with one attached hydrogen (secondary N) is 1. The standard InChI is InChI=1S/C30H33Br2ClN4O5/c31-21-12-20-2-1-19-13-22(33)14-23(32)26(19)27(28(20)34-15-21)18-5-9-36(10-6-18)24(38)11-17-3-7-37(8-4-17)30(42)29(41)35-16-25(39)40/h12-15,17-18,27H,1-11,16H2,(H,35,41)(H,39,40)/t27-/m1/s1. The van der Waals surface area contributed by atoms with E-state index >= 15 is 0 Å². The highest BCUT2D eigenvalue weighted by atomic mass is 79.9. The number of carbonyl (C=O) groups is 4. The van der Waals surface area contributed by atoms with Gasteiger partial charge in [0.05, 0.1) is 5.69 Å². The fraction of sp³-hybridized carbons (Fsp3) is 0.500. The SMILES string of the molecule is O=C(O)CNC(=O)C(=O)N1CCC(CC(=O)N2CCC([C@H]3c4ncc(Br)cc4CCc4cc(Cl)cc(Br)c43)CC2)CC1. The van der Waals surface area contributed by atoms with Gasteiger partial charge in [-0.1, -0.05) is 27.5 Å². The smallest absolute Gasteiger partial charge is 0.322 e. The van der Waals surface area contributed by atoms with E-state index in [4.69, 9.17) is 21.7 Å². The number of aryl methyl sites for hydroxylation is 2. The van der Waals surface area contributed by atoms with Gasteiger partial charge in [0.25, 0.3) is 0 Å². The molecule has 224 valence electrons. The fourth-order valence-electron chi connectivity index (χ4n) is 6.60. The molecule has 0 saturated carbocycles. The third kappa shape index (κ3) is 7.00. The zero-order valence-electron chi connectivity index (χ0n) is 23.1. The number of hydrogen-bond acceptors (Lipinski definition) is 5. The van der Waals surface area contributed by atoms with Crippen molar-refractivity contribution in [3.05, 3.63) is 60.7 Å². The minimum absolute atomic E-state index is 0.115. The molecule has 0 bridgehead atoms. The predicted molar refractivity (Wildman–Crippen MR) is 164 cm³/mol. The summed E-state index contributed by atoms with van der Waals surface area (Å²) in [5.74, 6) is -2.11. The van der Waals surface area contributed by atoms with Gasteiger partial charge in [0, 0.05) is 58.7 Å². The van der Waals surface area contributed by atoms with Crippen molar-refractivity contribution in [3.8, 4) is 0 Å². The van der Waals surface area contributed by atoms with Gasteiger partial charge < -0.3 is 20.2 Å². The van der Waals surface area contributed by atoms with Crippen LogP contribution in [0.2, 0.25) is 5.02 Å². The number of aromatic nitrogens is 1. The number of nitrogens with zero attached hydrogens (tertiary/aromatic N) is 3. The lowest BCUT2D eigenvalue weighted by atomic mass is 9.76. The summed E-state index contributed by atoms with van der Waals surface area (Å²) in [4.78, 5) is 56.5. The monoisotopic (exact) mass is 722 g/mol. The molecule has 9 nitrogen and oxygen atoms in total. The van der Waals surface area contributed by atoms with E-state index in [2.05, 4.69) is 49.3 Å². The lowest BCUT2D eigenvalue weighted by Gasteiger charge is -2.38. The Bertz CT molecular complexity index is 1390. The van der Waals surface area contributed by atoms with Crippen LogP contribution in [0.5, 0.6) is 0 Å². The van der Waals surface area contributed by atoms with E-state index in [1.165, 1.54) is 21.6 Å². The first kappa shape index (κ1) is 30.9. The molecule has 1 aliphatic carbocycles. The summed E-state index contributed by atoms with van der Waals surface area (Å²) in [5.41, 5.74) is 4.87. The van der Waals surface area contributed by atoms with Gasteiger partial charge in [-0.25, -0.2) is 0 Å². The molecule has 2 aromatic rings. The average molecular weight is 725 g/mol. The van der Waals surface area contributed by atoms with Crippen molar-refractivity contribution >= 4 is 67.2 Å². The van der Waals surface area contributed by atoms with E-state index in [9.17, 15) is 19.2 Å². The second kappa shape index (κ2) is 13.4. The molecule has 12 heteroatoms. The molecular formula is C30H33Br2ClN4O5. The number of carbonyl (C=O) groups excluding carboxylic acids is 3. The first-order valence-electron chi connectivity index (χ1n) is 14.3. The van der Waals surface area contributed by atoms with Crippen LogP contribution in [0, 0.1) is 11.8 Å². The zero-order valence-corrected chi connectivity index (χ0v) is 27.0. The first-order chi connectivity index (χ1) is 20.1. The van der Waals surface area contributed by atoms with Crippen molar-refractivity contribution in [1.29, 1.82) is 0 Å². The van der Waals surface area contributed by atoms with E-state index in [1.807, 2.05) is 17.2 Å². The molecule has 1 aromatic carbocycles. The summed E-state index contributed by atoms with van der Waals surface area (Å²) >= 11 is 13.8. The molecule has 2 fully saturated rings. The third-order valence-corrected chi connectivity index (χ3v) is 10.0. The van der Waals surface area contributed by atoms with E-state index in [-0.39, 0.29) is 17.7 Å². The van der Waals surface area contributed by atoms with Crippen LogP contribution in [0.1, 0.15) is 60.4 Å². The summed E-state index contributed by atoms with van der Waals surface area (Å²) in [6.07, 6.45) is 7.10. The highest BCUT2D eigenvalue weighted by Gasteiger charge is 2.37. The van der Waals surface area contributed by atoms with Crippen LogP contribution in [0.15, 0.2) is 33.3 Å². The second-order valence-electron chi connectivity index (χ2n) is 11.4. The van der Waals surface area contributed by atoms with Gasteiger partial charge in [0.1, 0.15) is 6.54 Å². The zero-order chi connectivity index (χ0) is 30.0. The van der Waals surface area contributed by atoms with Crippen LogP contribution >= 0.6 is 43.5 Å². The summed E-state index contributed by atoms with van der Waals surface area (Å²) < 4.78 is 1.98. The largest absolute Gasteiger partial charge is 0.480 e. The predicted octanol–water partition coefficient (Wildman–Crippen LogP) is 4.56. The maximum Gasteiger partial charge on any atom is 0.322 e. The number of carboxylic acid groups (broad SMARTS) is 1. The molecule has 42 heavy (non-hydrogen) atoms. The van der Waals surface area contributed by atoms with Crippen LogP contribution < -0.4 is 5.32 Å². The molecule has 3 amide bonds. The van der Waals surface area contributed by atoms with Gasteiger partial charge >= 0.3 is 17.8 Å². The van der Waals surface area contributed by atoms with Crippen molar-refractivity contribution in [2.75, 3.05) is 32.7 Å². The van der Waals surface area contributed by atoms with Gasteiger partial charge in [-0.15, -0.1) is 0 Å². The highest BCUT2D eigenvalue weighted by molar-refractivity contribution is 9.10. The van der Waals surface area contributed by atoms with Gasteiger partial charge in [0.2, 0.25) is 5.91 Å². The normalized spacial score (nSPS) is 19.5. The Morgan fingerprint density at radius 3 is 2.31 bits per heavy atom. The Morgan fingerprint density at radius 2 is 1.62 bits per heavy atom. The summed E-state index contributed by atoms with van der Waals surface area (Å²) in [5, 5.41) is 11.5. The van der Waals surface area contributed by atoms with Crippen molar-refractivity contribution < 1.29 is 24.3 Å². The third-order valence-electron chi connectivity index (χ3n) is 8.74. The molecule has 3 heterocycles. The highest BCUT2D eigenvalue weighted by Crippen LogP contribution is 2.46. The minimum Gasteiger partial charge on any atom is -0.480 e. The maximum atomic E-state index is 13.3. The molecule has 0 unspecified atom stereocenters. The lowest BCUT2D eigenvalue weighted by Crippen LogP contribution is -2.48. The first-order valence-corrected chi connectivity index (χ1v) is 16.3. The molecule has 0 spiro atoms. The summed E-state index contributed by atoms with van der Waals surface area (Å²) in [7, 11) is 0. The molecule has 0 radical (unpaired) electrons. The van der Waals surface area contributed by atoms with Crippen LogP contribution in [0.4, 0.5) is 0 Å². The molecule has 3 aliphatic rings. The van der Waals surface area contributed by atoms with Crippen LogP contribution in [0.3, 0.4) is 0 Å². The molecule has 2 N–H and O–H groups in total. The number of halogens is 3. The quantitative estimate of drug-likeness (QED) is 0.437. The second-order valence-corrected chi connectivity index (χ2v) is 13.6. The minimum atomic E-state index is -1.20. The number of aliphatic carboxylic acids is 1. The van der Waals surface area contributed by atoms with E-state index in [0.29, 0.717) is 51.4 Å². The molecular weight excluding hydrogens is 692 g/mol. The van der Waals surface area contributed by atoms with Gasteiger partial charge in [-0.05, 0) is 101 Å². The number of pyridine rings is 1. The molecule has 1 aromatic heterocycles. The van der Waals surface area contributed by atoms with Gasteiger partial charge in [-0.3, -0.25) is 24.2 Å². The van der Waals surface area contributed by atoms with Crippen molar-refractivity contribution in [2.45, 2.75) is 50.9 Å². The summed E-state index contributed by atoms with van der Waals surface area (Å²) in [6, 6.07) is 6.23. The lowest BCUT2D eigenvalue weighted by molar-refractivity contribution is -0.148. The number of piperidine rings is 2. The van der Waals surface area contributed by atoms with Gasteiger partial charge in [0.15, 0.2) is 0 Å². The molecule has 2 saturated heterocycles. The van der Waals surface area contributed by atoms with Crippen molar-refractivity contribution in [3.63, 3.8) is 0 Å². The topological polar surface area (TPSA) is 120 Å². The molecule has 5 rings (SSSR count). The number of carboxylic acids is 1. The van der Waals surface area contributed by atoms with E-state index < -0.39 is 24.3 Å². The number of rotatable bonds is 5. The van der Waals surface area contributed by atoms with Crippen molar-refractivity contribution in [1.82, 2.24) is 20.1 Å². The molecule has 1 atom stereocenters. The van der Waals surface area contributed by atoms with E-state index in [1.54, 1.807) is 0 Å². The molecule has 2 aliphatic heterocycles. The number of benzene rings is 1. The Labute approximate surface area is 266 Å². The number of hydrogen-bond donors (Lipinski definition) is 2. The summed E-state index contributed by atoms with van der Waals surface area (Å²) in [6.45, 7) is 1.54. The Balaban J connectivity index is 1.19. The Hall–Kier alpha value is -2.50. The fourth-order valence-corrected chi connectivity index (χ4v) is 8.10. The van der Waals surface area contributed by atoms with Crippen LogP contribution in [-0.2, 0) is 32.0 Å². The number of amides is 3. The average Bonchev–Trinajstić information content (AvgIpc) is 3.12. The maximum absolute atomic E-state index is 13.3. The van der Waals surface area contributed by atoms with Crippen LogP contribution in [-0.4, -0.2) is 76.3 Å². The van der Waals surface area contributed by atoms with Crippen molar-refractivity contribution in [2.24, 2.45) is 11.8 Å². The Kier molecular flexibility index (Phi) is 9.89. The van der Waals surface area contributed by atoms with Crippen LogP contribution in [0.25, 0.3) is 0 Å². The van der Waals surface area contributed by atoms with E-state index in [0.717, 1.165) is 45.3 Å². The Morgan fingerprint density at radius 1 is 0.952 bits per heavy atom. The number of likely N-dealkylation sites (tertiary alicyclic amines) is 2. The number of fused-ring (bicyclic) bond motifs is 2.